The van der Waals surface area contributed by atoms with Crippen LogP contribution >= 0.6 is 11.3 Å². The number of hydrogen-bond donors (Lipinski definition) is 2. The minimum atomic E-state index is -3.84. The Bertz CT molecular complexity index is 1030. The molecule has 0 unspecified atom stereocenters. The average Bonchev–Trinajstić information content (AvgIpc) is 3.22. The molecule has 10 heteroatoms. The lowest BCUT2D eigenvalue weighted by Crippen LogP contribution is -2.44. The summed E-state index contributed by atoms with van der Waals surface area (Å²) in [5, 5.41) is 6.64. The lowest BCUT2D eigenvalue weighted by atomic mass is 10.2. The van der Waals surface area contributed by atoms with E-state index >= 15 is 0 Å². The van der Waals surface area contributed by atoms with Gasteiger partial charge in [-0.3, -0.25) is 4.79 Å². The van der Waals surface area contributed by atoms with Gasteiger partial charge in [-0.2, -0.15) is 0 Å². The molecule has 1 aliphatic heterocycles. The van der Waals surface area contributed by atoms with Crippen molar-refractivity contribution < 1.29 is 21.6 Å². The van der Waals surface area contributed by atoms with Crippen LogP contribution in [0.1, 0.15) is 11.8 Å². The molecule has 2 atom stereocenters. The molecule has 0 aliphatic carbocycles. The zero-order chi connectivity index (χ0) is 20.4. The molecule has 1 amide bonds. The van der Waals surface area contributed by atoms with E-state index in [1.165, 1.54) is 31.2 Å². The van der Waals surface area contributed by atoms with Gasteiger partial charge in [-0.15, -0.1) is 11.3 Å². The van der Waals surface area contributed by atoms with Crippen LogP contribution in [0.5, 0.6) is 0 Å². The number of carbonyl (C=O) groups is 1. The van der Waals surface area contributed by atoms with Gasteiger partial charge in [0.25, 0.3) is 0 Å². The van der Waals surface area contributed by atoms with Gasteiger partial charge in [-0.25, -0.2) is 16.8 Å². The molecule has 7 nitrogen and oxygen atoms in total. The van der Waals surface area contributed by atoms with Crippen molar-refractivity contribution in [2.75, 3.05) is 23.4 Å². The number of anilines is 1. The van der Waals surface area contributed by atoms with Gasteiger partial charge in [0, 0.05) is 30.1 Å². The number of hydrogen-bond acceptors (Lipinski definition) is 7. The van der Waals surface area contributed by atoms with E-state index in [0.29, 0.717) is 18.7 Å². The number of rotatable bonds is 7. The monoisotopic (exact) mass is 442 g/mol. The van der Waals surface area contributed by atoms with Crippen molar-refractivity contribution in [1.29, 1.82) is 0 Å². The standard InChI is InChI=1S/C18H22N2O5S3/c1-13(21)20-14-4-6-16(7-5-14)28(24,25)18-12-27(22,23)11-17(18)19-9-8-15-3-2-10-26-15/h2-7,10,17-19H,8-9,11-12H2,1H3,(H,20,21)/t17-,18-/m0/s1. The van der Waals surface area contributed by atoms with Crippen LogP contribution < -0.4 is 10.6 Å². The van der Waals surface area contributed by atoms with Crippen molar-refractivity contribution in [1.82, 2.24) is 5.32 Å². The highest BCUT2D eigenvalue weighted by Gasteiger charge is 2.45. The quantitative estimate of drug-likeness (QED) is 0.672. The summed E-state index contributed by atoms with van der Waals surface area (Å²) in [7, 11) is -7.28. The molecule has 0 bridgehead atoms. The van der Waals surface area contributed by atoms with E-state index in [9.17, 15) is 21.6 Å². The predicted molar refractivity (Wildman–Crippen MR) is 110 cm³/mol. The Labute approximate surface area is 169 Å². The second-order valence-electron chi connectivity index (χ2n) is 6.76. The number of benzene rings is 1. The third-order valence-electron chi connectivity index (χ3n) is 4.56. The molecule has 0 spiro atoms. The number of sulfone groups is 2. The molecular weight excluding hydrogens is 420 g/mol. The van der Waals surface area contributed by atoms with Crippen molar-refractivity contribution in [2.24, 2.45) is 0 Å². The van der Waals surface area contributed by atoms with Crippen LogP contribution in [-0.2, 0) is 30.9 Å². The topological polar surface area (TPSA) is 109 Å². The normalized spacial score (nSPS) is 21.5. The third kappa shape index (κ3) is 4.99. The van der Waals surface area contributed by atoms with Gasteiger partial charge in [-0.1, -0.05) is 6.07 Å². The maximum Gasteiger partial charge on any atom is 0.221 e. The molecule has 28 heavy (non-hydrogen) atoms. The molecule has 2 N–H and O–H groups in total. The second kappa shape index (κ2) is 8.32. The number of amides is 1. The van der Waals surface area contributed by atoms with Crippen LogP contribution in [0.25, 0.3) is 0 Å². The third-order valence-corrected chi connectivity index (χ3v) is 9.66. The Morgan fingerprint density at radius 1 is 1.18 bits per heavy atom. The minimum Gasteiger partial charge on any atom is -0.326 e. The number of nitrogens with one attached hydrogen (secondary N) is 2. The van der Waals surface area contributed by atoms with Crippen LogP contribution in [0.3, 0.4) is 0 Å². The maximum atomic E-state index is 13.1. The van der Waals surface area contributed by atoms with Gasteiger partial charge in [-0.05, 0) is 42.1 Å². The number of carbonyl (C=O) groups excluding carboxylic acids is 1. The summed E-state index contributed by atoms with van der Waals surface area (Å²) in [6.07, 6.45) is 0.715. The van der Waals surface area contributed by atoms with E-state index < -0.39 is 31.0 Å². The summed E-state index contributed by atoms with van der Waals surface area (Å²) in [5.41, 5.74) is 0.483. The molecule has 1 saturated heterocycles. The van der Waals surface area contributed by atoms with Crippen LogP contribution in [-0.4, -0.2) is 52.1 Å². The van der Waals surface area contributed by atoms with Crippen molar-refractivity contribution >= 4 is 42.6 Å². The first-order valence-corrected chi connectivity index (χ1v) is 13.0. The molecule has 1 aliphatic rings. The molecule has 2 heterocycles. The first-order chi connectivity index (χ1) is 13.2. The summed E-state index contributed by atoms with van der Waals surface area (Å²) < 4.78 is 50.4. The Kier molecular flexibility index (Phi) is 6.23. The van der Waals surface area contributed by atoms with Crippen LogP contribution in [0.15, 0.2) is 46.7 Å². The zero-order valence-corrected chi connectivity index (χ0v) is 17.7. The molecule has 0 saturated carbocycles. The lowest BCUT2D eigenvalue weighted by Gasteiger charge is -2.20. The Hall–Kier alpha value is -1.75. The van der Waals surface area contributed by atoms with Gasteiger partial charge in [0.05, 0.1) is 21.7 Å². The van der Waals surface area contributed by atoms with Crippen LogP contribution in [0.2, 0.25) is 0 Å². The minimum absolute atomic E-state index is 0.0498. The highest BCUT2D eigenvalue weighted by molar-refractivity contribution is 7.96. The van der Waals surface area contributed by atoms with Gasteiger partial charge in [0.15, 0.2) is 19.7 Å². The molecule has 0 radical (unpaired) electrons. The Balaban J connectivity index is 1.76. The van der Waals surface area contributed by atoms with E-state index in [1.807, 2.05) is 17.5 Å². The Morgan fingerprint density at radius 3 is 2.50 bits per heavy atom. The van der Waals surface area contributed by atoms with E-state index in [1.54, 1.807) is 11.3 Å². The maximum absolute atomic E-state index is 13.1. The average molecular weight is 443 g/mol. The van der Waals surface area contributed by atoms with Gasteiger partial charge < -0.3 is 10.6 Å². The van der Waals surface area contributed by atoms with Crippen LogP contribution in [0, 0.1) is 0 Å². The smallest absolute Gasteiger partial charge is 0.221 e. The molecule has 1 aromatic heterocycles. The molecule has 152 valence electrons. The molecule has 1 aromatic carbocycles. The van der Waals surface area contributed by atoms with E-state index in [4.69, 9.17) is 0 Å². The fourth-order valence-electron chi connectivity index (χ4n) is 3.25. The van der Waals surface area contributed by atoms with Crippen molar-refractivity contribution in [3.05, 3.63) is 46.7 Å². The fraction of sp³-hybridized carbons (Fsp3) is 0.389. The van der Waals surface area contributed by atoms with Crippen molar-refractivity contribution in [3.63, 3.8) is 0 Å². The summed E-state index contributed by atoms with van der Waals surface area (Å²) in [6, 6.07) is 9.07. The largest absolute Gasteiger partial charge is 0.326 e. The first-order valence-electron chi connectivity index (χ1n) is 8.75. The van der Waals surface area contributed by atoms with Gasteiger partial charge in [0.2, 0.25) is 5.91 Å². The summed E-state index contributed by atoms with van der Waals surface area (Å²) in [4.78, 5) is 12.3. The fourth-order valence-corrected chi connectivity index (χ4v) is 8.68. The van der Waals surface area contributed by atoms with Crippen molar-refractivity contribution in [2.45, 2.75) is 29.5 Å². The lowest BCUT2D eigenvalue weighted by molar-refractivity contribution is -0.114. The SMILES string of the molecule is CC(=O)Nc1ccc(S(=O)(=O)[C@H]2CS(=O)(=O)C[C@@H]2NCCc2cccs2)cc1. The summed E-state index contributed by atoms with van der Waals surface area (Å²) in [6.45, 7) is 1.87. The predicted octanol–water partition coefficient (Wildman–Crippen LogP) is 1.48. The highest BCUT2D eigenvalue weighted by atomic mass is 32.2. The van der Waals surface area contributed by atoms with Crippen molar-refractivity contribution in [3.8, 4) is 0 Å². The molecule has 2 aromatic rings. The van der Waals surface area contributed by atoms with Gasteiger partial charge >= 0.3 is 0 Å². The summed E-state index contributed by atoms with van der Waals surface area (Å²) >= 11 is 1.61. The molecular formula is C18H22N2O5S3. The highest BCUT2D eigenvalue weighted by Crippen LogP contribution is 2.27. The molecule has 3 rings (SSSR count). The van der Waals surface area contributed by atoms with E-state index in [0.717, 1.165) is 4.88 Å². The van der Waals surface area contributed by atoms with E-state index in [2.05, 4.69) is 10.6 Å². The van der Waals surface area contributed by atoms with Gasteiger partial charge in [0.1, 0.15) is 0 Å². The number of thiophene rings is 1. The second-order valence-corrected chi connectivity index (χ2v) is 12.1. The van der Waals surface area contributed by atoms with E-state index in [-0.39, 0.29) is 22.3 Å². The van der Waals surface area contributed by atoms with Crippen LogP contribution in [0.4, 0.5) is 5.69 Å². The first kappa shape index (κ1) is 21.0. The Morgan fingerprint density at radius 2 is 1.89 bits per heavy atom. The summed E-state index contributed by atoms with van der Waals surface area (Å²) in [5.74, 6) is -0.836. The zero-order valence-electron chi connectivity index (χ0n) is 15.3. The molecule has 1 fully saturated rings.